The molecule has 0 saturated carbocycles. The fourth-order valence-corrected chi connectivity index (χ4v) is 1.70. The normalized spacial score (nSPS) is 33.9. The maximum atomic E-state index is 5.65. The van der Waals surface area contributed by atoms with Crippen LogP contribution in [0.2, 0.25) is 0 Å². The molecule has 0 bridgehead atoms. The zero-order chi connectivity index (χ0) is 9.97. The largest absolute Gasteiger partial charge is 0.373 e. The van der Waals surface area contributed by atoms with E-state index in [1.165, 1.54) is 0 Å². The zero-order valence-corrected chi connectivity index (χ0v) is 8.77. The Balaban J connectivity index is 1.90. The Bertz CT molecular complexity index is 157. The van der Waals surface area contributed by atoms with Crippen molar-refractivity contribution >= 4 is 0 Å². The fraction of sp³-hybridized carbons (Fsp3) is 1.00. The quantitative estimate of drug-likeness (QED) is 0.567. The Morgan fingerprint density at radius 3 is 1.57 bits per heavy atom. The van der Waals surface area contributed by atoms with Crippen LogP contribution in [0, 0.1) is 0 Å². The van der Waals surface area contributed by atoms with Crippen molar-refractivity contribution in [3.63, 3.8) is 0 Å². The summed E-state index contributed by atoms with van der Waals surface area (Å²) in [5, 5.41) is 0. The second-order valence-corrected chi connectivity index (χ2v) is 3.58. The summed E-state index contributed by atoms with van der Waals surface area (Å²) in [6.45, 7) is 6.96. The van der Waals surface area contributed by atoms with Crippen LogP contribution in [-0.2, 0) is 18.9 Å². The van der Waals surface area contributed by atoms with Crippen LogP contribution in [0.4, 0.5) is 0 Å². The highest BCUT2D eigenvalue weighted by Gasteiger charge is 2.47. The lowest BCUT2D eigenvalue weighted by molar-refractivity contribution is -0.0866. The molecule has 0 radical (unpaired) electrons. The Hall–Kier alpha value is -0.160. The average molecular weight is 202 g/mol. The number of ether oxygens (including phenoxy) is 4. The van der Waals surface area contributed by atoms with Gasteiger partial charge in [0.2, 0.25) is 0 Å². The lowest BCUT2D eigenvalue weighted by atomic mass is 10.1. The Morgan fingerprint density at radius 1 is 1.00 bits per heavy atom. The molecule has 2 aliphatic rings. The summed E-state index contributed by atoms with van der Waals surface area (Å²) >= 11 is 0. The molecule has 2 fully saturated rings. The van der Waals surface area contributed by atoms with Gasteiger partial charge in [0.1, 0.15) is 24.4 Å². The third-order valence-electron chi connectivity index (χ3n) is 2.49. The van der Waals surface area contributed by atoms with Crippen molar-refractivity contribution in [1.82, 2.24) is 0 Å². The summed E-state index contributed by atoms with van der Waals surface area (Å²) in [6.07, 6.45) is 0.534. The molecule has 2 aliphatic heterocycles. The molecule has 0 N–H and O–H groups in total. The van der Waals surface area contributed by atoms with Crippen molar-refractivity contribution in [2.75, 3.05) is 26.4 Å². The molecule has 2 heterocycles. The van der Waals surface area contributed by atoms with Gasteiger partial charge in [-0.3, -0.25) is 0 Å². The minimum atomic E-state index is 0.0486. The van der Waals surface area contributed by atoms with Crippen molar-refractivity contribution < 1.29 is 18.9 Å². The molecule has 0 unspecified atom stereocenters. The number of hydrogen-bond acceptors (Lipinski definition) is 4. The first-order chi connectivity index (χ1) is 6.86. The van der Waals surface area contributed by atoms with Gasteiger partial charge in [-0.1, -0.05) is 0 Å². The van der Waals surface area contributed by atoms with E-state index in [1.54, 1.807) is 0 Å². The van der Waals surface area contributed by atoms with Gasteiger partial charge in [0.25, 0.3) is 0 Å². The fourth-order valence-electron chi connectivity index (χ4n) is 1.70. The monoisotopic (exact) mass is 202 g/mol. The summed E-state index contributed by atoms with van der Waals surface area (Å²) in [5.41, 5.74) is 0. The van der Waals surface area contributed by atoms with E-state index in [9.17, 15) is 0 Å². The van der Waals surface area contributed by atoms with Gasteiger partial charge < -0.3 is 18.9 Å². The molecule has 4 heteroatoms. The van der Waals surface area contributed by atoms with Crippen molar-refractivity contribution in [2.45, 2.75) is 38.3 Å². The second-order valence-electron chi connectivity index (χ2n) is 3.58. The van der Waals surface area contributed by atoms with E-state index in [0.717, 1.165) is 13.2 Å². The van der Waals surface area contributed by atoms with E-state index in [1.807, 2.05) is 13.8 Å². The van der Waals surface area contributed by atoms with Crippen LogP contribution in [0.1, 0.15) is 13.8 Å². The predicted octanol–water partition coefficient (Wildman–Crippen LogP) is 0.594. The molecule has 0 aromatic rings. The minimum absolute atomic E-state index is 0.0486. The van der Waals surface area contributed by atoms with Gasteiger partial charge in [-0.25, -0.2) is 0 Å². The molecular weight excluding hydrogens is 184 g/mol. The van der Waals surface area contributed by atoms with Crippen LogP contribution < -0.4 is 0 Å². The van der Waals surface area contributed by atoms with Crippen molar-refractivity contribution in [2.24, 2.45) is 0 Å². The average Bonchev–Trinajstić information content (AvgIpc) is 3.05. The van der Waals surface area contributed by atoms with Gasteiger partial charge in [0, 0.05) is 13.2 Å². The smallest absolute Gasteiger partial charge is 0.115 e. The van der Waals surface area contributed by atoms with Crippen LogP contribution in [0.15, 0.2) is 0 Å². The Kier molecular flexibility index (Phi) is 3.38. The van der Waals surface area contributed by atoms with Crippen LogP contribution in [0.25, 0.3) is 0 Å². The lowest BCUT2D eigenvalue weighted by Crippen LogP contribution is -2.40. The van der Waals surface area contributed by atoms with E-state index >= 15 is 0 Å². The van der Waals surface area contributed by atoms with E-state index in [0.29, 0.717) is 13.2 Å². The molecule has 0 aromatic heterocycles. The SMILES string of the molecule is CCO[C@H]([C@H](OCC)[C@H]1CO1)[C@@H]1CO1. The number of epoxide rings is 2. The Morgan fingerprint density at radius 2 is 1.36 bits per heavy atom. The molecule has 82 valence electrons. The summed E-state index contributed by atoms with van der Waals surface area (Å²) < 4.78 is 21.8. The number of rotatable bonds is 7. The highest BCUT2D eigenvalue weighted by Crippen LogP contribution is 2.28. The van der Waals surface area contributed by atoms with E-state index < -0.39 is 0 Å². The van der Waals surface area contributed by atoms with Crippen LogP contribution in [0.3, 0.4) is 0 Å². The van der Waals surface area contributed by atoms with Crippen molar-refractivity contribution in [1.29, 1.82) is 0 Å². The third-order valence-corrected chi connectivity index (χ3v) is 2.49. The summed E-state index contributed by atoms with van der Waals surface area (Å²) in [5.74, 6) is 0. The molecule has 2 saturated heterocycles. The van der Waals surface area contributed by atoms with Gasteiger partial charge in [-0.05, 0) is 13.8 Å². The lowest BCUT2D eigenvalue weighted by Gasteiger charge is -2.24. The van der Waals surface area contributed by atoms with Gasteiger partial charge >= 0.3 is 0 Å². The van der Waals surface area contributed by atoms with Gasteiger partial charge in [-0.2, -0.15) is 0 Å². The second kappa shape index (κ2) is 4.57. The first kappa shape index (κ1) is 10.4. The molecule has 0 spiro atoms. The first-order valence-corrected chi connectivity index (χ1v) is 5.33. The van der Waals surface area contributed by atoms with E-state index in [2.05, 4.69) is 0 Å². The summed E-state index contributed by atoms with van der Waals surface area (Å²) in [6, 6.07) is 0. The molecular formula is C10H18O4. The highest BCUT2D eigenvalue weighted by molar-refractivity contribution is 4.94. The van der Waals surface area contributed by atoms with Gasteiger partial charge in [0.05, 0.1) is 13.2 Å². The predicted molar refractivity (Wildman–Crippen MR) is 50.3 cm³/mol. The molecule has 0 aliphatic carbocycles. The minimum Gasteiger partial charge on any atom is -0.373 e. The molecule has 4 nitrogen and oxygen atoms in total. The Labute approximate surface area is 84.5 Å². The van der Waals surface area contributed by atoms with Gasteiger partial charge in [0.15, 0.2) is 0 Å². The maximum Gasteiger partial charge on any atom is 0.115 e. The molecule has 2 rings (SSSR count). The topological polar surface area (TPSA) is 43.5 Å². The van der Waals surface area contributed by atoms with Crippen LogP contribution in [0.5, 0.6) is 0 Å². The van der Waals surface area contributed by atoms with Crippen molar-refractivity contribution in [3.05, 3.63) is 0 Å². The van der Waals surface area contributed by atoms with Crippen LogP contribution in [-0.4, -0.2) is 50.8 Å². The molecule has 0 amide bonds. The summed E-state index contributed by atoms with van der Waals surface area (Å²) in [7, 11) is 0. The maximum absolute atomic E-state index is 5.65. The zero-order valence-electron chi connectivity index (χ0n) is 8.77. The third kappa shape index (κ3) is 2.45. The van der Waals surface area contributed by atoms with Crippen LogP contribution >= 0.6 is 0 Å². The molecule has 0 aromatic carbocycles. The summed E-state index contributed by atoms with van der Waals surface area (Å²) in [4.78, 5) is 0. The molecule has 14 heavy (non-hydrogen) atoms. The van der Waals surface area contributed by atoms with Gasteiger partial charge in [-0.15, -0.1) is 0 Å². The van der Waals surface area contributed by atoms with E-state index in [4.69, 9.17) is 18.9 Å². The standard InChI is InChI=1S/C10H18O4/c1-3-11-9(7-5-13-7)10(12-4-2)8-6-14-8/h7-10H,3-6H2,1-2H3/t7-,8+,9-,10+. The number of hydrogen-bond donors (Lipinski definition) is 0. The molecule has 4 atom stereocenters. The van der Waals surface area contributed by atoms with E-state index in [-0.39, 0.29) is 24.4 Å². The first-order valence-electron chi connectivity index (χ1n) is 5.33. The highest BCUT2D eigenvalue weighted by atomic mass is 16.6. The van der Waals surface area contributed by atoms with Crippen molar-refractivity contribution in [3.8, 4) is 0 Å².